The lowest BCUT2D eigenvalue weighted by molar-refractivity contribution is 0.120. The van der Waals surface area contributed by atoms with E-state index in [9.17, 15) is 4.79 Å². The zero-order valence-corrected chi connectivity index (χ0v) is 9.86. The molecule has 92 valence electrons. The molecular weight excluding hydrogens is 204 g/mol. The van der Waals surface area contributed by atoms with Gasteiger partial charge in [-0.1, -0.05) is 19.3 Å². The Balaban J connectivity index is 1.83. The third kappa shape index (κ3) is 2.67. The zero-order valence-electron chi connectivity index (χ0n) is 9.86. The van der Waals surface area contributed by atoms with Crippen LogP contribution in [0.1, 0.15) is 44.9 Å². The van der Waals surface area contributed by atoms with Gasteiger partial charge in [0, 0.05) is 6.04 Å². The van der Waals surface area contributed by atoms with E-state index in [0.717, 1.165) is 32.2 Å². The number of hydrogen-bond donors (Lipinski definition) is 1. The Morgan fingerprint density at radius 1 is 1.31 bits per heavy atom. The van der Waals surface area contributed by atoms with Crippen LogP contribution in [0.5, 0.6) is 0 Å². The SMILES string of the molecule is NCCCC1CN(C2CCCCC2)C(=O)O1. The van der Waals surface area contributed by atoms with E-state index in [1.807, 2.05) is 4.90 Å². The number of hydrogen-bond acceptors (Lipinski definition) is 3. The van der Waals surface area contributed by atoms with Gasteiger partial charge in [-0.25, -0.2) is 4.79 Å². The van der Waals surface area contributed by atoms with E-state index >= 15 is 0 Å². The van der Waals surface area contributed by atoms with Gasteiger partial charge in [-0.05, 0) is 32.2 Å². The zero-order chi connectivity index (χ0) is 11.4. The Morgan fingerprint density at radius 2 is 2.06 bits per heavy atom. The third-order valence-electron chi connectivity index (χ3n) is 3.65. The molecule has 16 heavy (non-hydrogen) atoms. The molecule has 1 unspecified atom stereocenters. The summed E-state index contributed by atoms with van der Waals surface area (Å²) in [4.78, 5) is 13.7. The summed E-state index contributed by atoms with van der Waals surface area (Å²) < 4.78 is 5.36. The summed E-state index contributed by atoms with van der Waals surface area (Å²) in [6, 6.07) is 0.434. The van der Waals surface area contributed by atoms with Crippen molar-refractivity contribution >= 4 is 6.09 Å². The Hall–Kier alpha value is -0.770. The molecule has 1 heterocycles. The van der Waals surface area contributed by atoms with Gasteiger partial charge in [0.25, 0.3) is 0 Å². The quantitative estimate of drug-likeness (QED) is 0.796. The average Bonchev–Trinajstić information content (AvgIpc) is 2.69. The maximum atomic E-state index is 11.7. The van der Waals surface area contributed by atoms with Crippen molar-refractivity contribution in [2.24, 2.45) is 5.73 Å². The number of cyclic esters (lactones) is 1. The minimum absolute atomic E-state index is 0.0815. The summed E-state index contributed by atoms with van der Waals surface area (Å²) in [7, 11) is 0. The van der Waals surface area contributed by atoms with Crippen LogP contribution in [0, 0.1) is 0 Å². The Kier molecular flexibility index (Phi) is 4.04. The number of amides is 1. The molecule has 2 fully saturated rings. The molecule has 2 N–H and O–H groups in total. The lowest BCUT2D eigenvalue weighted by Gasteiger charge is -2.28. The second kappa shape index (κ2) is 5.53. The lowest BCUT2D eigenvalue weighted by atomic mass is 9.94. The summed E-state index contributed by atoms with van der Waals surface area (Å²) in [5.74, 6) is 0. The monoisotopic (exact) mass is 226 g/mol. The first-order chi connectivity index (χ1) is 7.81. The number of ether oxygens (including phenoxy) is 1. The highest BCUT2D eigenvalue weighted by Gasteiger charge is 2.35. The van der Waals surface area contributed by atoms with Crippen molar-refractivity contribution in [1.29, 1.82) is 0 Å². The molecule has 1 amide bonds. The summed E-state index contributed by atoms with van der Waals surface area (Å²) in [5, 5.41) is 0. The Labute approximate surface area is 97.1 Å². The van der Waals surface area contributed by atoms with Gasteiger partial charge < -0.3 is 15.4 Å². The van der Waals surface area contributed by atoms with Crippen LogP contribution in [-0.4, -0.2) is 36.2 Å². The minimum atomic E-state index is -0.103. The van der Waals surface area contributed by atoms with E-state index in [-0.39, 0.29) is 12.2 Å². The highest BCUT2D eigenvalue weighted by Crippen LogP contribution is 2.27. The van der Waals surface area contributed by atoms with E-state index < -0.39 is 0 Å². The van der Waals surface area contributed by atoms with E-state index in [0.29, 0.717) is 12.6 Å². The van der Waals surface area contributed by atoms with Crippen LogP contribution in [0.4, 0.5) is 4.79 Å². The number of carbonyl (C=O) groups is 1. The Morgan fingerprint density at radius 3 is 2.75 bits per heavy atom. The minimum Gasteiger partial charge on any atom is -0.444 e. The summed E-state index contributed by atoms with van der Waals surface area (Å²) in [6.07, 6.45) is 7.95. The fourth-order valence-electron chi connectivity index (χ4n) is 2.73. The van der Waals surface area contributed by atoms with Crippen molar-refractivity contribution in [2.45, 2.75) is 57.1 Å². The molecule has 1 saturated heterocycles. The fourth-order valence-corrected chi connectivity index (χ4v) is 2.73. The predicted octanol–water partition coefficient (Wildman–Crippen LogP) is 1.88. The second-order valence-corrected chi connectivity index (χ2v) is 4.88. The highest BCUT2D eigenvalue weighted by molar-refractivity contribution is 5.70. The number of nitrogens with two attached hydrogens (primary N) is 1. The lowest BCUT2D eigenvalue weighted by Crippen LogP contribution is -2.37. The molecule has 4 nitrogen and oxygen atoms in total. The largest absolute Gasteiger partial charge is 0.444 e. The van der Waals surface area contributed by atoms with E-state index in [1.54, 1.807) is 0 Å². The van der Waals surface area contributed by atoms with Gasteiger partial charge in [-0.15, -0.1) is 0 Å². The molecule has 0 aromatic carbocycles. The maximum Gasteiger partial charge on any atom is 0.410 e. The van der Waals surface area contributed by atoms with Gasteiger partial charge in [0.2, 0.25) is 0 Å². The maximum absolute atomic E-state index is 11.7. The molecule has 0 bridgehead atoms. The number of rotatable bonds is 4. The number of nitrogens with zero attached hydrogens (tertiary/aromatic N) is 1. The van der Waals surface area contributed by atoms with Gasteiger partial charge in [0.15, 0.2) is 0 Å². The van der Waals surface area contributed by atoms with Gasteiger partial charge in [0.05, 0.1) is 6.54 Å². The van der Waals surface area contributed by atoms with Crippen molar-refractivity contribution in [3.8, 4) is 0 Å². The van der Waals surface area contributed by atoms with E-state index in [4.69, 9.17) is 10.5 Å². The first kappa shape index (κ1) is 11.7. The van der Waals surface area contributed by atoms with Crippen molar-refractivity contribution in [3.05, 3.63) is 0 Å². The smallest absolute Gasteiger partial charge is 0.410 e. The molecule has 0 radical (unpaired) electrons. The average molecular weight is 226 g/mol. The first-order valence-electron chi connectivity index (χ1n) is 6.48. The van der Waals surface area contributed by atoms with Gasteiger partial charge in [-0.3, -0.25) is 0 Å². The van der Waals surface area contributed by atoms with Gasteiger partial charge in [0.1, 0.15) is 6.10 Å². The van der Waals surface area contributed by atoms with E-state index in [1.165, 1.54) is 19.3 Å². The van der Waals surface area contributed by atoms with Gasteiger partial charge in [-0.2, -0.15) is 0 Å². The molecule has 1 aliphatic carbocycles. The normalized spacial score (nSPS) is 27.2. The van der Waals surface area contributed by atoms with Crippen molar-refractivity contribution in [1.82, 2.24) is 4.90 Å². The molecule has 0 spiro atoms. The van der Waals surface area contributed by atoms with Crippen LogP contribution >= 0.6 is 0 Å². The molecule has 1 atom stereocenters. The molecule has 4 heteroatoms. The molecule has 0 aromatic rings. The van der Waals surface area contributed by atoms with Crippen LogP contribution in [0.2, 0.25) is 0 Å². The van der Waals surface area contributed by atoms with Crippen LogP contribution in [-0.2, 0) is 4.74 Å². The van der Waals surface area contributed by atoms with Gasteiger partial charge >= 0.3 is 6.09 Å². The highest BCUT2D eigenvalue weighted by atomic mass is 16.6. The molecule has 0 aromatic heterocycles. The van der Waals surface area contributed by atoms with E-state index in [2.05, 4.69) is 0 Å². The van der Waals surface area contributed by atoms with Crippen LogP contribution in [0.3, 0.4) is 0 Å². The summed E-state index contributed by atoms with van der Waals surface area (Å²) in [6.45, 7) is 1.46. The van der Waals surface area contributed by atoms with Crippen molar-refractivity contribution in [2.75, 3.05) is 13.1 Å². The molecule has 1 aliphatic heterocycles. The second-order valence-electron chi connectivity index (χ2n) is 4.88. The van der Waals surface area contributed by atoms with Crippen LogP contribution in [0.25, 0.3) is 0 Å². The van der Waals surface area contributed by atoms with Crippen LogP contribution < -0.4 is 5.73 Å². The Bertz CT molecular complexity index is 239. The molecule has 2 rings (SSSR count). The predicted molar refractivity (Wildman–Crippen MR) is 62.1 cm³/mol. The molecule has 1 saturated carbocycles. The molecule has 2 aliphatic rings. The number of carbonyl (C=O) groups excluding carboxylic acids is 1. The topological polar surface area (TPSA) is 55.6 Å². The first-order valence-corrected chi connectivity index (χ1v) is 6.48. The molecular formula is C12H22N2O2. The third-order valence-corrected chi connectivity index (χ3v) is 3.65. The van der Waals surface area contributed by atoms with Crippen LogP contribution in [0.15, 0.2) is 0 Å². The fraction of sp³-hybridized carbons (Fsp3) is 0.917. The van der Waals surface area contributed by atoms with Crippen molar-refractivity contribution < 1.29 is 9.53 Å². The standard InChI is InChI=1S/C12H22N2O2/c13-8-4-7-11-9-14(12(15)16-11)10-5-2-1-3-6-10/h10-11H,1-9,13H2. The summed E-state index contributed by atoms with van der Waals surface area (Å²) in [5.41, 5.74) is 5.46. The van der Waals surface area contributed by atoms with Crippen molar-refractivity contribution in [3.63, 3.8) is 0 Å². The summed E-state index contributed by atoms with van der Waals surface area (Å²) >= 11 is 0.